The van der Waals surface area contributed by atoms with Gasteiger partial charge in [0.05, 0.1) is 12.2 Å². The van der Waals surface area contributed by atoms with Crippen LogP contribution in [-0.2, 0) is 18.9 Å². The number of aliphatic hydroxyl groups excluding tert-OH is 1. The van der Waals surface area contributed by atoms with Crippen LogP contribution >= 0.6 is 0 Å². The van der Waals surface area contributed by atoms with Crippen LogP contribution in [0.25, 0.3) is 6.08 Å². The summed E-state index contributed by atoms with van der Waals surface area (Å²) in [5, 5.41) is 10.2. The van der Waals surface area contributed by atoms with E-state index in [2.05, 4.69) is 0 Å². The maximum atomic E-state index is 13.2. The molecule has 0 saturated heterocycles. The fraction of sp³-hybridized carbons (Fsp3) is 0.560. The van der Waals surface area contributed by atoms with Crippen LogP contribution < -0.4 is 9.47 Å². The number of carbonyl (C=O) groups is 1. The first kappa shape index (κ1) is 26.9. The van der Waals surface area contributed by atoms with Crippen LogP contribution in [0.1, 0.15) is 56.0 Å². The van der Waals surface area contributed by atoms with Crippen molar-refractivity contribution in [1.29, 1.82) is 0 Å². The van der Waals surface area contributed by atoms with Crippen molar-refractivity contribution in [2.75, 3.05) is 33.9 Å². The summed E-state index contributed by atoms with van der Waals surface area (Å²) in [7, 11) is 1.58. The van der Waals surface area contributed by atoms with Crippen molar-refractivity contribution in [2.24, 2.45) is 0 Å². The van der Waals surface area contributed by atoms with E-state index in [9.17, 15) is 9.90 Å². The molecule has 3 atom stereocenters. The molecule has 2 rings (SSSR count). The standard InChI is InChI=1S/C25H36O8/c1-5-29-16-31-22-14-19-9-7-8-10-20(26)11-12-21(28-4)13-18(3)33-25(27)24(19)23(15-22)32-17-30-6-2/h7,9,11-12,14-15,18,20-21,26H,5-6,8,10,13,16-17H2,1-4H3/b9-7+,12-11-/t18-,20-,21?/m0/s1. The molecule has 0 aromatic heterocycles. The zero-order valence-electron chi connectivity index (χ0n) is 20.0. The summed E-state index contributed by atoms with van der Waals surface area (Å²) in [4.78, 5) is 13.2. The van der Waals surface area contributed by atoms with E-state index in [0.29, 0.717) is 49.5 Å². The molecule has 0 fully saturated rings. The molecule has 8 nitrogen and oxygen atoms in total. The monoisotopic (exact) mass is 464 g/mol. The fourth-order valence-electron chi connectivity index (χ4n) is 3.24. The number of aliphatic hydroxyl groups is 1. The van der Waals surface area contributed by atoms with Gasteiger partial charge in [-0.1, -0.05) is 24.3 Å². The predicted octanol–water partition coefficient (Wildman–Crippen LogP) is 4.11. The van der Waals surface area contributed by atoms with Crippen molar-refractivity contribution >= 4 is 12.0 Å². The quantitative estimate of drug-likeness (QED) is 0.253. The van der Waals surface area contributed by atoms with Crippen LogP contribution in [0.2, 0.25) is 0 Å². The maximum absolute atomic E-state index is 13.2. The first-order valence-electron chi connectivity index (χ1n) is 11.3. The van der Waals surface area contributed by atoms with Crippen LogP contribution in [0.3, 0.4) is 0 Å². The molecule has 0 spiro atoms. The SMILES string of the molecule is CCOCOc1cc2c(c(OCOCC)c1)C(=O)O[C@@H](C)CC(OC)/C=C\[C@@H](O)CC/C=C/2. The van der Waals surface area contributed by atoms with E-state index in [-0.39, 0.29) is 25.3 Å². The number of allylic oxidation sites excluding steroid dienone is 1. The molecule has 1 aliphatic heterocycles. The highest BCUT2D eigenvalue weighted by Crippen LogP contribution is 2.32. The minimum absolute atomic E-state index is 0.0207. The summed E-state index contributed by atoms with van der Waals surface area (Å²) in [5.41, 5.74) is 0.863. The van der Waals surface area contributed by atoms with Crippen molar-refractivity contribution in [2.45, 2.75) is 58.3 Å². The third kappa shape index (κ3) is 9.17. The summed E-state index contributed by atoms with van der Waals surface area (Å²) in [6, 6.07) is 3.37. The number of rotatable bonds is 9. The summed E-state index contributed by atoms with van der Waals surface area (Å²) in [6.45, 7) is 6.57. The Morgan fingerprint density at radius 2 is 1.82 bits per heavy atom. The average molecular weight is 465 g/mol. The molecule has 184 valence electrons. The third-order valence-electron chi connectivity index (χ3n) is 4.97. The summed E-state index contributed by atoms with van der Waals surface area (Å²) in [5.74, 6) is 0.272. The van der Waals surface area contributed by atoms with Gasteiger partial charge in [-0.25, -0.2) is 4.79 Å². The molecular weight excluding hydrogens is 428 g/mol. The van der Waals surface area contributed by atoms with Gasteiger partial charge in [0.25, 0.3) is 0 Å². The second kappa shape index (κ2) is 14.7. The van der Waals surface area contributed by atoms with E-state index in [1.54, 1.807) is 38.3 Å². The molecule has 0 aliphatic carbocycles. The predicted molar refractivity (Wildman–Crippen MR) is 124 cm³/mol. The molecule has 0 saturated carbocycles. The molecule has 1 heterocycles. The van der Waals surface area contributed by atoms with E-state index in [4.69, 9.17) is 28.4 Å². The highest BCUT2D eigenvalue weighted by atomic mass is 16.7. The van der Waals surface area contributed by atoms with E-state index in [1.807, 2.05) is 26.0 Å². The summed E-state index contributed by atoms with van der Waals surface area (Å²) in [6.07, 6.45) is 7.49. The zero-order chi connectivity index (χ0) is 24.1. The lowest BCUT2D eigenvalue weighted by Gasteiger charge is -2.21. The molecule has 0 bridgehead atoms. The molecule has 0 amide bonds. The minimum Gasteiger partial charge on any atom is -0.467 e. The molecule has 1 aromatic carbocycles. The molecule has 1 unspecified atom stereocenters. The second-order valence-electron chi connectivity index (χ2n) is 7.55. The number of carbonyl (C=O) groups excluding carboxylic acids is 1. The van der Waals surface area contributed by atoms with Gasteiger partial charge in [-0.3, -0.25) is 0 Å². The number of ether oxygens (including phenoxy) is 6. The Hall–Kier alpha value is -2.39. The number of cyclic esters (lactones) is 1. The van der Waals surface area contributed by atoms with Gasteiger partial charge in [-0.2, -0.15) is 0 Å². The van der Waals surface area contributed by atoms with Crippen LogP contribution in [0.15, 0.2) is 30.4 Å². The highest BCUT2D eigenvalue weighted by molar-refractivity contribution is 5.97. The van der Waals surface area contributed by atoms with Crippen LogP contribution in [0, 0.1) is 0 Å². The van der Waals surface area contributed by atoms with E-state index in [0.717, 1.165) is 0 Å². The van der Waals surface area contributed by atoms with Gasteiger partial charge in [0.15, 0.2) is 13.6 Å². The van der Waals surface area contributed by atoms with Crippen LogP contribution in [0.4, 0.5) is 0 Å². The highest BCUT2D eigenvalue weighted by Gasteiger charge is 2.24. The van der Waals surface area contributed by atoms with Gasteiger partial charge in [0.2, 0.25) is 0 Å². The van der Waals surface area contributed by atoms with Crippen LogP contribution in [-0.4, -0.2) is 63.3 Å². The lowest BCUT2D eigenvalue weighted by molar-refractivity contribution is 0.0127. The zero-order valence-corrected chi connectivity index (χ0v) is 20.0. The smallest absolute Gasteiger partial charge is 0.342 e. The van der Waals surface area contributed by atoms with Gasteiger partial charge in [0.1, 0.15) is 23.2 Å². The van der Waals surface area contributed by atoms with Crippen molar-refractivity contribution in [3.8, 4) is 11.5 Å². The third-order valence-corrected chi connectivity index (χ3v) is 4.97. The fourth-order valence-corrected chi connectivity index (χ4v) is 3.24. The number of hydrogen-bond donors (Lipinski definition) is 1. The molecule has 8 heteroatoms. The Labute approximate surface area is 196 Å². The molecule has 33 heavy (non-hydrogen) atoms. The van der Waals surface area contributed by atoms with E-state index < -0.39 is 18.2 Å². The first-order chi connectivity index (χ1) is 16.0. The number of hydrogen-bond acceptors (Lipinski definition) is 8. The maximum Gasteiger partial charge on any atom is 0.342 e. The number of fused-ring (bicyclic) bond motifs is 1. The Morgan fingerprint density at radius 1 is 1.09 bits per heavy atom. The largest absolute Gasteiger partial charge is 0.467 e. The van der Waals surface area contributed by atoms with Gasteiger partial charge < -0.3 is 33.5 Å². The normalized spacial score (nSPS) is 23.7. The summed E-state index contributed by atoms with van der Waals surface area (Å²) < 4.78 is 33.2. The second-order valence-corrected chi connectivity index (χ2v) is 7.55. The van der Waals surface area contributed by atoms with E-state index >= 15 is 0 Å². The van der Waals surface area contributed by atoms with Gasteiger partial charge in [0, 0.05) is 32.8 Å². The Bertz CT molecular complexity index is 789. The number of benzene rings is 1. The molecule has 1 N–H and O–H groups in total. The lowest BCUT2D eigenvalue weighted by Crippen LogP contribution is -2.23. The lowest BCUT2D eigenvalue weighted by atomic mass is 10.0. The number of methoxy groups -OCH3 is 1. The van der Waals surface area contributed by atoms with Gasteiger partial charge >= 0.3 is 5.97 Å². The topological polar surface area (TPSA) is 92.7 Å². The summed E-state index contributed by atoms with van der Waals surface area (Å²) >= 11 is 0. The minimum atomic E-state index is -0.599. The van der Waals surface area contributed by atoms with Crippen LogP contribution in [0.5, 0.6) is 11.5 Å². The molecular formula is C25H36O8. The average Bonchev–Trinajstić information content (AvgIpc) is 2.79. The van der Waals surface area contributed by atoms with Crippen molar-refractivity contribution in [1.82, 2.24) is 0 Å². The van der Waals surface area contributed by atoms with Gasteiger partial charge in [-0.15, -0.1) is 0 Å². The molecule has 1 aliphatic rings. The van der Waals surface area contributed by atoms with Crippen molar-refractivity contribution < 1.29 is 38.3 Å². The Kier molecular flexibility index (Phi) is 12.0. The van der Waals surface area contributed by atoms with Gasteiger partial charge in [-0.05, 0) is 45.2 Å². The molecule has 1 aromatic rings. The Balaban J connectivity index is 2.44. The Morgan fingerprint density at radius 3 is 2.52 bits per heavy atom. The number of esters is 1. The molecule has 0 radical (unpaired) electrons. The first-order valence-corrected chi connectivity index (χ1v) is 11.3. The van der Waals surface area contributed by atoms with E-state index in [1.165, 1.54) is 0 Å². The van der Waals surface area contributed by atoms with Crippen molar-refractivity contribution in [3.05, 3.63) is 41.5 Å². The van der Waals surface area contributed by atoms with Crippen molar-refractivity contribution in [3.63, 3.8) is 0 Å².